The maximum atomic E-state index is 12.6. The first kappa shape index (κ1) is 21.2. The third-order valence-corrected chi connectivity index (χ3v) is 5.34. The zero-order valence-electron chi connectivity index (χ0n) is 16.7. The van der Waals surface area contributed by atoms with Crippen LogP contribution in [-0.4, -0.2) is 28.8 Å². The summed E-state index contributed by atoms with van der Waals surface area (Å²) in [4.78, 5) is 41.8. The Hall–Kier alpha value is -3.52. The van der Waals surface area contributed by atoms with Crippen molar-refractivity contribution in [3.63, 3.8) is 0 Å². The maximum Gasteiger partial charge on any atom is 0.330 e. The van der Waals surface area contributed by atoms with Crippen LogP contribution in [0.5, 0.6) is 0 Å². The topological polar surface area (TPSA) is 101 Å². The Kier molecular flexibility index (Phi) is 6.58. The maximum absolute atomic E-state index is 12.6. The van der Waals surface area contributed by atoms with Crippen LogP contribution in [0.25, 0.3) is 6.08 Å². The van der Waals surface area contributed by atoms with Gasteiger partial charge in [-0.2, -0.15) is 0 Å². The predicted molar refractivity (Wildman–Crippen MR) is 122 cm³/mol. The predicted octanol–water partition coefficient (Wildman–Crippen LogP) is 2.57. The molecule has 0 aliphatic rings. The van der Waals surface area contributed by atoms with E-state index >= 15 is 0 Å². The molecule has 1 aromatic heterocycles. The number of aromatic amines is 1. The van der Waals surface area contributed by atoms with E-state index in [1.165, 1.54) is 17.7 Å². The molecule has 0 saturated heterocycles. The fourth-order valence-electron chi connectivity index (χ4n) is 2.93. The second-order valence-corrected chi connectivity index (χ2v) is 7.45. The summed E-state index contributed by atoms with van der Waals surface area (Å²) in [7, 11) is 1.45. The zero-order valence-corrected chi connectivity index (χ0v) is 17.5. The molecule has 0 saturated carbocycles. The molecule has 0 aliphatic carbocycles. The molecule has 0 bridgehead atoms. The summed E-state index contributed by atoms with van der Waals surface area (Å²) in [5, 5.41) is 0. The van der Waals surface area contributed by atoms with E-state index < -0.39 is 17.2 Å². The molecule has 0 unspecified atom stereocenters. The Labute approximate surface area is 177 Å². The van der Waals surface area contributed by atoms with Gasteiger partial charge in [-0.05, 0) is 35.6 Å². The highest BCUT2D eigenvalue weighted by atomic mass is 32.2. The van der Waals surface area contributed by atoms with E-state index in [1.807, 2.05) is 60.9 Å². The van der Waals surface area contributed by atoms with E-state index in [4.69, 9.17) is 5.73 Å². The third-order valence-electron chi connectivity index (χ3n) is 4.60. The summed E-state index contributed by atoms with van der Waals surface area (Å²) < 4.78 is 1.24. The van der Waals surface area contributed by atoms with Gasteiger partial charge in [0.05, 0.1) is 6.54 Å². The molecule has 3 aromatic rings. The van der Waals surface area contributed by atoms with E-state index in [9.17, 15) is 14.4 Å². The highest BCUT2D eigenvalue weighted by Gasteiger charge is 2.19. The Balaban J connectivity index is 1.88. The average Bonchev–Trinajstić information content (AvgIpc) is 2.75. The molecule has 0 aliphatic heterocycles. The Bertz CT molecular complexity index is 1180. The van der Waals surface area contributed by atoms with Crippen molar-refractivity contribution in [2.45, 2.75) is 11.4 Å². The van der Waals surface area contributed by atoms with E-state index in [0.717, 1.165) is 20.9 Å². The van der Waals surface area contributed by atoms with Gasteiger partial charge in [0.25, 0.3) is 11.5 Å². The van der Waals surface area contributed by atoms with Crippen LogP contribution in [0.4, 0.5) is 11.5 Å². The van der Waals surface area contributed by atoms with Crippen molar-refractivity contribution in [3.05, 3.63) is 92.6 Å². The number of H-pyrrole nitrogens is 1. The first-order chi connectivity index (χ1) is 14.4. The molecule has 3 rings (SSSR count). The molecule has 30 heavy (non-hydrogen) atoms. The molecular formula is C22H22N4O3S. The minimum Gasteiger partial charge on any atom is -0.383 e. The molecule has 3 N–H and O–H groups in total. The van der Waals surface area contributed by atoms with Crippen LogP contribution in [-0.2, 0) is 11.3 Å². The minimum absolute atomic E-state index is 0.0684. The van der Waals surface area contributed by atoms with Crippen molar-refractivity contribution in [1.82, 2.24) is 9.55 Å². The molecule has 0 fully saturated rings. The summed E-state index contributed by atoms with van der Waals surface area (Å²) in [6.07, 6.45) is 5.01. The number of carbonyl (C=O) groups excluding carboxylic acids is 1. The van der Waals surface area contributed by atoms with Crippen molar-refractivity contribution in [2.75, 3.05) is 23.9 Å². The Morgan fingerprint density at radius 2 is 1.80 bits per heavy atom. The number of rotatable bonds is 6. The van der Waals surface area contributed by atoms with Crippen molar-refractivity contribution in [3.8, 4) is 0 Å². The number of nitrogens with one attached hydrogen (secondary N) is 1. The number of hydrogen-bond donors (Lipinski definition) is 2. The fraction of sp³-hybridized carbons (Fsp3) is 0.136. The zero-order chi connectivity index (χ0) is 21.7. The minimum atomic E-state index is -0.713. The lowest BCUT2D eigenvalue weighted by Crippen LogP contribution is -2.39. The summed E-state index contributed by atoms with van der Waals surface area (Å²) in [5.74, 6) is -0.507. The van der Waals surface area contributed by atoms with Crippen molar-refractivity contribution in [1.29, 1.82) is 0 Å². The van der Waals surface area contributed by atoms with Crippen LogP contribution in [0.3, 0.4) is 0 Å². The third kappa shape index (κ3) is 4.72. The second-order valence-electron chi connectivity index (χ2n) is 6.57. The van der Waals surface area contributed by atoms with Gasteiger partial charge in [0.2, 0.25) is 0 Å². The highest BCUT2D eigenvalue weighted by molar-refractivity contribution is 7.98. The van der Waals surface area contributed by atoms with E-state index in [-0.39, 0.29) is 18.1 Å². The number of anilines is 2. The average molecular weight is 423 g/mol. The van der Waals surface area contributed by atoms with Gasteiger partial charge in [0, 0.05) is 18.0 Å². The van der Waals surface area contributed by atoms with Gasteiger partial charge in [-0.25, -0.2) is 4.79 Å². The number of thioether (sulfide) groups is 1. The molecule has 8 heteroatoms. The fourth-order valence-corrected chi connectivity index (χ4v) is 3.34. The van der Waals surface area contributed by atoms with Gasteiger partial charge in [0.1, 0.15) is 5.82 Å². The first-order valence-electron chi connectivity index (χ1n) is 9.17. The van der Waals surface area contributed by atoms with Crippen LogP contribution in [0.15, 0.2) is 75.2 Å². The smallest absolute Gasteiger partial charge is 0.330 e. The van der Waals surface area contributed by atoms with Gasteiger partial charge in [-0.3, -0.25) is 19.1 Å². The van der Waals surface area contributed by atoms with Crippen molar-refractivity contribution < 1.29 is 4.79 Å². The summed E-state index contributed by atoms with van der Waals surface area (Å²) in [5.41, 5.74) is 6.41. The van der Waals surface area contributed by atoms with Gasteiger partial charge in [-0.15, -0.1) is 11.8 Å². The lowest BCUT2D eigenvalue weighted by molar-refractivity contribution is -0.113. The second kappa shape index (κ2) is 9.32. The van der Waals surface area contributed by atoms with Gasteiger partial charge >= 0.3 is 5.69 Å². The van der Waals surface area contributed by atoms with Crippen LogP contribution >= 0.6 is 11.8 Å². The lowest BCUT2D eigenvalue weighted by Gasteiger charge is -2.19. The van der Waals surface area contributed by atoms with Crippen LogP contribution in [0.2, 0.25) is 0 Å². The SMILES string of the molecule is CSc1ccc(/C=C/C(=O)N(C)c2c(N)n(Cc3ccccc3)c(=O)[nH]c2=O)cc1. The number of nitrogen functional groups attached to an aromatic ring is 1. The summed E-state index contributed by atoms with van der Waals surface area (Å²) in [6.45, 7) is 0.176. The molecule has 1 amide bonds. The molecular weight excluding hydrogens is 400 g/mol. The van der Waals surface area contributed by atoms with Crippen molar-refractivity contribution in [2.24, 2.45) is 0 Å². The number of amides is 1. The van der Waals surface area contributed by atoms with Gasteiger partial charge < -0.3 is 10.6 Å². The van der Waals surface area contributed by atoms with Gasteiger partial charge in [-0.1, -0.05) is 42.5 Å². The van der Waals surface area contributed by atoms with Crippen LogP contribution < -0.4 is 21.9 Å². The number of nitrogens with zero attached hydrogens (tertiary/aromatic N) is 2. The standard InChI is InChI=1S/C22H22N4O3S/c1-25(18(27)13-10-15-8-11-17(30-2)12-9-15)19-20(23)26(22(29)24-21(19)28)14-16-6-4-3-5-7-16/h3-13H,14,23H2,1-2H3,(H,24,28,29)/b13-10+. The number of hydrogen-bond acceptors (Lipinski definition) is 5. The van der Waals surface area contributed by atoms with E-state index in [0.29, 0.717) is 0 Å². The molecule has 0 radical (unpaired) electrons. The first-order valence-corrected chi connectivity index (χ1v) is 10.4. The number of benzene rings is 2. The largest absolute Gasteiger partial charge is 0.383 e. The van der Waals surface area contributed by atoms with E-state index in [2.05, 4.69) is 4.98 Å². The monoisotopic (exact) mass is 422 g/mol. The highest BCUT2D eigenvalue weighted by Crippen LogP contribution is 2.18. The lowest BCUT2D eigenvalue weighted by atomic mass is 10.2. The molecule has 7 nitrogen and oxygen atoms in total. The quantitative estimate of drug-likeness (QED) is 0.470. The van der Waals surface area contributed by atoms with Gasteiger partial charge in [0.15, 0.2) is 5.69 Å². The molecule has 2 aromatic carbocycles. The van der Waals surface area contributed by atoms with E-state index in [1.54, 1.807) is 17.8 Å². The number of aromatic nitrogens is 2. The number of carbonyl (C=O) groups is 1. The summed E-state index contributed by atoms with van der Waals surface area (Å²) in [6, 6.07) is 17.0. The Morgan fingerprint density at radius 1 is 1.13 bits per heavy atom. The summed E-state index contributed by atoms with van der Waals surface area (Å²) >= 11 is 1.63. The van der Waals surface area contributed by atoms with Crippen molar-refractivity contribution >= 4 is 35.3 Å². The molecule has 1 heterocycles. The normalized spacial score (nSPS) is 11.0. The molecule has 0 spiro atoms. The van der Waals surface area contributed by atoms with Crippen LogP contribution in [0.1, 0.15) is 11.1 Å². The number of nitrogens with two attached hydrogens (primary N) is 1. The number of likely N-dealkylation sites (N-methyl/N-ethyl adjacent to an activating group) is 1. The Morgan fingerprint density at radius 3 is 2.43 bits per heavy atom. The molecule has 0 atom stereocenters. The molecule has 154 valence electrons. The van der Waals surface area contributed by atoms with Crippen LogP contribution in [0, 0.1) is 0 Å².